The van der Waals surface area contributed by atoms with E-state index in [1.165, 1.54) is 29.2 Å². The van der Waals surface area contributed by atoms with Gasteiger partial charge in [0, 0.05) is 35.1 Å². The molecule has 0 saturated carbocycles. The first-order chi connectivity index (χ1) is 15.9. The zero-order chi connectivity index (χ0) is 23.5. The fraction of sp³-hybridized carbons (Fsp3) is 0.174. The molecule has 1 aliphatic heterocycles. The Bertz CT molecular complexity index is 1220. The maximum absolute atomic E-state index is 13.0. The molecule has 0 bridgehead atoms. The average Bonchev–Trinajstić information content (AvgIpc) is 3.41. The van der Waals surface area contributed by atoms with Crippen molar-refractivity contribution >= 4 is 39.1 Å². The zero-order valence-electron chi connectivity index (χ0n) is 17.3. The van der Waals surface area contributed by atoms with Crippen LogP contribution in [0.5, 0.6) is 0 Å². The molecule has 0 aliphatic carbocycles. The van der Waals surface area contributed by atoms with Crippen LogP contribution in [0.25, 0.3) is 5.76 Å². The van der Waals surface area contributed by atoms with Crippen LogP contribution in [0.3, 0.4) is 0 Å². The van der Waals surface area contributed by atoms with E-state index in [4.69, 9.17) is 0 Å². The van der Waals surface area contributed by atoms with Gasteiger partial charge in [0.1, 0.15) is 18.2 Å². The molecule has 2 N–H and O–H groups in total. The second-order valence-corrected chi connectivity index (χ2v) is 8.47. The number of Topliss-reactive ketones (excluding diaryl/α,β-unsaturated/α-hetero) is 1. The van der Waals surface area contributed by atoms with Crippen LogP contribution in [0.1, 0.15) is 23.6 Å². The van der Waals surface area contributed by atoms with E-state index < -0.39 is 22.7 Å². The van der Waals surface area contributed by atoms with Crippen LogP contribution in [-0.2, 0) is 16.1 Å². The Morgan fingerprint density at radius 3 is 2.45 bits per heavy atom. The topological polar surface area (TPSA) is 120 Å². The first-order valence-electron chi connectivity index (χ1n) is 10.2. The number of H-pyrrole nitrogens is 1. The molecule has 3 aromatic rings. The second kappa shape index (κ2) is 9.37. The SMILES string of the molecule is O=C1C(=O)N(CCC[n+]2cc[nH]c2)C(c2ccc([N+](=O)[O-])cc2)/C1=C(\O)c1ccc(Br)cc1. The highest BCUT2D eigenvalue weighted by Gasteiger charge is 2.45. The maximum atomic E-state index is 13.0. The van der Waals surface area contributed by atoms with Crippen molar-refractivity contribution in [3.63, 3.8) is 0 Å². The number of aliphatic hydroxyl groups excluding tert-OH is 1. The van der Waals surface area contributed by atoms with Crippen molar-refractivity contribution in [2.45, 2.75) is 19.0 Å². The summed E-state index contributed by atoms with van der Waals surface area (Å²) in [5.41, 5.74) is 0.761. The summed E-state index contributed by atoms with van der Waals surface area (Å²) in [6.07, 6.45) is 5.99. The number of nitrogens with one attached hydrogen (secondary N) is 1. The van der Waals surface area contributed by atoms with Gasteiger partial charge in [-0.05, 0) is 29.8 Å². The quantitative estimate of drug-likeness (QED) is 0.125. The molecule has 1 fully saturated rings. The average molecular weight is 512 g/mol. The van der Waals surface area contributed by atoms with Crippen LogP contribution >= 0.6 is 15.9 Å². The van der Waals surface area contributed by atoms with Crippen LogP contribution in [0.15, 0.2) is 77.3 Å². The van der Waals surface area contributed by atoms with Crippen LogP contribution < -0.4 is 4.57 Å². The number of nitrogens with zero attached hydrogens (tertiary/aromatic N) is 3. The first-order valence-corrected chi connectivity index (χ1v) is 11.0. The number of nitro benzene ring substituents is 1. The number of imidazole rings is 1. The van der Waals surface area contributed by atoms with Gasteiger partial charge < -0.3 is 10.0 Å². The Kier molecular flexibility index (Phi) is 6.36. The van der Waals surface area contributed by atoms with Crippen LogP contribution in [-0.4, -0.2) is 38.1 Å². The first kappa shape index (κ1) is 22.4. The molecule has 1 aromatic heterocycles. The molecule has 33 heavy (non-hydrogen) atoms. The minimum atomic E-state index is -0.856. The number of rotatable bonds is 7. The monoisotopic (exact) mass is 511 g/mol. The zero-order valence-corrected chi connectivity index (χ0v) is 18.9. The summed E-state index contributed by atoms with van der Waals surface area (Å²) < 4.78 is 2.72. The smallest absolute Gasteiger partial charge is 0.295 e. The lowest BCUT2D eigenvalue weighted by Gasteiger charge is -2.25. The molecule has 10 heteroatoms. The number of ketones is 1. The minimum Gasteiger partial charge on any atom is -0.507 e. The summed E-state index contributed by atoms with van der Waals surface area (Å²) in [6, 6.07) is 11.5. The number of aromatic nitrogens is 2. The summed E-state index contributed by atoms with van der Waals surface area (Å²) in [4.78, 5) is 40.9. The highest BCUT2D eigenvalue weighted by Crippen LogP contribution is 2.40. The molecule has 1 saturated heterocycles. The number of aliphatic hydroxyl groups is 1. The van der Waals surface area contributed by atoms with E-state index in [0.29, 0.717) is 24.1 Å². The minimum absolute atomic E-state index is 0.0366. The highest BCUT2D eigenvalue weighted by atomic mass is 79.9. The molecule has 1 aliphatic rings. The van der Waals surface area contributed by atoms with Gasteiger partial charge in [-0.15, -0.1) is 0 Å². The number of benzene rings is 2. The van der Waals surface area contributed by atoms with Crippen LogP contribution in [0, 0.1) is 10.1 Å². The number of nitro groups is 1. The third-order valence-corrected chi connectivity index (χ3v) is 6.02. The number of aromatic amines is 1. The van der Waals surface area contributed by atoms with E-state index in [1.807, 2.05) is 10.8 Å². The predicted molar refractivity (Wildman–Crippen MR) is 122 cm³/mol. The van der Waals surface area contributed by atoms with E-state index >= 15 is 0 Å². The van der Waals surface area contributed by atoms with E-state index in [-0.39, 0.29) is 23.6 Å². The number of carbonyl (C=O) groups is 2. The number of amides is 1. The van der Waals surface area contributed by atoms with E-state index in [2.05, 4.69) is 20.9 Å². The Morgan fingerprint density at radius 1 is 1.15 bits per heavy atom. The van der Waals surface area contributed by atoms with Gasteiger partial charge in [-0.3, -0.25) is 24.7 Å². The predicted octanol–water partition coefficient (Wildman–Crippen LogP) is 3.48. The van der Waals surface area contributed by atoms with Crippen molar-refractivity contribution in [2.75, 3.05) is 6.54 Å². The number of carbonyl (C=O) groups excluding carboxylic acids is 2. The number of hydrogen-bond donors (Lipinski definition) is 2. The Morgan fingerprint density at radius 2 is 1.85 bits per heavy atom. The lowest BCUT2D eigenvalue weighted by molar-refractivity contribution is -0.695. The van der Waals surface area contributed by atoms with Gasteiger partial charge in [0.15, 0.2) is 0 Å². The van der Waals surface area contributed by atoms with Crippen molar-refractivity contribution < 1.29 is 24.2 Å². The number of aryl methyl sites for hydroxylation is 1. The number of halogens is 1. The summed E-state index contributed by atoms with van der Waals surface area (Å²) in [5, 5.41) is 22.1. The lowest BCUT2D eigenvalue weighted by Crippen LogP contribution is -2.36. The van der Waals surface area contributed by atoms with Crippen LogP contribution in [0.4, 0.5) is 5.69 Å². The number of non-ortho nitro benzene ring substituents is 1. The van der Waals surface area contributed by atoms with Gasteiger partial charge in [-0.1, -0.05) is 28.1 Å². The van der Waals surface area contributed by atoms with Crippen molar-refractivity contribution in [3.05, 3.63) is 98.5 Å². The lowest BCUT2D eigenvalue weighted by atomic mass is 9.95. The molecule has 4 rings (SSSR count). The Balaban J connectivity index is 1.74. The number of hydrogen-bond acceptors (Lipinski definition) is 5. The summed E-state index contributed by atoms with van der Waals surface area (Å²) >= 11 is 3.33. The van der Waals surface area contributed by atoms with E-state index in [0.717, 1.165) is 4.47 Å². The van der Waals surface area contributed by atoms with Gasteiger partial charge in [0.2, 0.25) is 6.33 Å². The fourth-order valence-electron chi connectivity index (χ4n) is 3.88. The third-order valence-electron chi connectivity index (χ3n) is 5.50. The van der Waals surface area contributed by atoms with Gasteiger partial charge in [0.05, 0.1) is 23.1 Å². The molecular formula is C23H20BrN4O5+. The largest absolute Gasteiger partial charge is 0.507 e. The summed E-state index contributed by atoms with van der Waals surface area (Å²) in [7, 11) is 0. The highest BCUT2D eigenvalue weighted by molar-refractivity contribution is 9.10. The molecular weight excluding hydrogens is 492 g/mol. The van der Waals surface area contributed by atoms with Crippen molar-refractivity contribution in [2.24, 2.45) is 0 Å². The number of likely N-dealkylation sites (tertiary alicyclic amines) is 1. The normalized spacial score (nSPS) is 17.5. The van der Waals surface area contributed by atoms with Crippen molar-refractivity contribution in [1.82, 2.24) is 9.88 Å². The maximum Gasteiger partial charge on any atom is 0.295 e. The van der Waals surface area contributed by atoms with Gasteiger partial charge in [-0.2, -0.15) is 0 Å². The molecule has 1 atom stereocenters. The van der Waals surface area contributed by atoms with Crippen molar-refractivity contribution in [1.29, 1.82) is 0 Å². The Hall–Kier alpha value is -3.79. The Labute approximate surface area is 197 Å². The summed E-state index contributed by atoms with van der Waals surface area (Å²) in [5.74, 6) is -1.78. The standard InChI is InChI=1S/C23H19BrN4O5/c24-17-6-2-16(3-7-17)21(29)19-20(15-4-8-18(9-5-15)28(32)33)27(23(31)22(19)30)12-1-11-26-13-10-25-14-26/h2-10,13-14,20H,1,11-12H2,(H,29,30)/p+1. The molecule has 1 amide bonds. The third kappa shape index (κ3) is 4.56. The van der Waals surface area contributed by atoms with Gasteiger partial charge in [0.25, 0.3) is 17.4 Å². The van der Waals surface area contributed by atoms with E-state index in [9.17, 15) is 24.8 Å². The molecule has 2 heterocycles. The fourth-order valence-corrected chi connectivity index (χ4v) is 4.15. The summed E-state index contributed by atoms with van der Waals surface area (Å²) in [6.45, 7) is 0.883. The molecule has 0 radical (unpaired) electrons. The molecule has 168 valence electrons. The van der Waals surface area contributed by atoms with E-state index in [1.54, 1.807) is 36.8 Å². The second-order valence-electron chi connectivity index (χ2n) is 7.55. The molecule has 1 unspecified atom stereocenters. The van der Waals surface area contributed by atoms with Crippen molar-refractivity contribution in [3.8, 4) is 0 Å². The molecule has 0 spiro atoms. The van der Waals surface area contributed by atoms with Crippen LogP contribution in [0.2, 0.25) is 0 Å². The molecule has 2 aromatic carbocycles. The molecule has 9 nitrogen and oxygen atoms in total. The van der Waals surface area contributed by atoms with Gasteiger partial charge >= 0.3 is 0 Å². The van der Waals surface area contributed by atoms with Gasteiger partial charge in [-0.25, -0.2) is 4.57 Å².